The van der Waals surface area contributed by atoms with Gasteiger partial charge in [-0.25, -0.2) is 0 Å². The number of ether oxygens (including phenoxy) is 1. The van der Waals surface area contributed by atoms with E-state index in [0.29, 0.717) is 13.0 Å². The summed E-state index contributed by atoms with van der Waals surface area (Å²) in [7, 11) is 0. The Hall–Kier alpha value is -2.68. The number of allylic oxidation sites excluding steroid dienone is 2. The fraction of sp³-hybridized carbons (Fsp3) is 0.200. The third kappa shape index (κ3) is 2.48. The number of fused-ring (bicyclic) bond motifs is 2. The molecule has 114 valence electrons. The molecule has 1 aliphatic heterocycles. The highest BCUT2D eigenvalue weighted by Gasteiger charge is 2.26. The van der Waals surface area contributed by atoms with Gasteiger partial charge in [0.1, 0.15) is 5.75 Å². The lowest BCUT2D eigenvalue weighted by Crippen LogP contribution is -2.00. The highest BCUT2D eigenvalue weighted by atomic mass is 16.5. The molecule has 0 saturated heterocycles. The van der Waals surface area contributed by atoms with Crippen molar-refractivity contribution in [2.24, 2.45) is 4.99 Å². The SMILES string of the molecule is CCOc1ccc2c(c1)/C(=C/C1=Nc3ccccc3C1)C(=O)C2. The van der Waals surface area contributed by atoms with E-state index in [-0.39, 0.29) is 5.78 Å². The predicted molar refractivity (Wildman–Crippen MR) is 91.5 cm³/mol. The number of carbonyl (C=O) groups is 1. The first-order valence-corrected chi connectivity index (χ1v) is 7.91. The molecule has 0 radical (unpaired) electrons. The maximum atomic E-state index is 12.4. The summed E-state index contributed by atoms with van der Waals surface area (Å²) in [6.07, 6.45) is 3.20. The van der Waals surface area contributed by atoms with Gasteiger partial charge in [0, 0.05) is 24.1 Å². The zero-order chi connectivity index (χ0) is 15.8. The Bertz CT molecular complexity index is 862. The minimum atomic E-state index is 0.160. The van der Waals surface area contributed by atoms with E-state index < -0.39 is 0 Å². The molecule has 1 aliphatic carbocycles. The Morgan fingerprint density at radius 3 is 2.83 bits per heavy atom. The molecule has 3 nitrogen and oxygen atoms in total. The summed E-state index contributed by atoms with van der Waals surface area (Å²) in [6, 6.07) is 14.0. The van der Waals surface area contributed by atoms with Crippen molar-refractivity contribution < 1.29 is 9.53 Å². The molecule has 23 heavy (non-hydrogen) atoms. The molecule has 1 heterocycles. The highest BCUT2D eigenvalue weighted by Crippen LogP contribution is 2.34. The fourth-order valence-electron chi connectivity index (χ4n) is 3.20. The molecule has 0 atom stereocenters. The van der Waals surface area contributed by atoms with Crippen molar-refractivity contribution in [3.63, 3.8) is 0 Å². The van der Waals surface area contributed by atoms with Crippen LogP contribution in [0.1, 0.15) is 23.6 Å². The van der Waals surface area contributed by atoms with Crippen LogP contribution in [-0.2, 0) is 17.6 Å². The second kappa shape index (κ2) is 5.51. The summed E-state index contributed by atoms with van der Waals surface area (Å²) >= 11 is 0. The quantitative estimate of drug-likeness (QED) is 0.806. The van der Waals surface area contributed by atoms with E-state index >= 15 is 0 Å². The maximum Gasteiger partial charge on any atom is 0.167 e. The standard InChI is InChI=1S/C20H17NO2/c1-2-23-16-8-7-13-10-20(22)18(17(13)12-16)11-15-9-14-5-3-4-6-19(14)21-15/h3-8,11-12H,2,9-10H2,1H3/b18-11-. The normalized spacial score (nSPS) is 17.2. The Morgan fingerprint density at radius 1 is 1.13 bits per heavy atom. The van der Waals surface area contributed by atoms with E-state index in [0.717, 1.165) is 40.3 Å². The average Bonchev–Trinajstić information content (AvgIpc) is 3.09. The number of Topliss-reactive ketones (excluding diaryl/α,β-unsaturated/α-hetero) is 1. The monoisotopic (exact) mass is 303 g/mol. The average molecular weight is 303 g/mol. The van der Waals surface area contributed by atoms with Gasteiger partial charge < -0.3 is 4.74 Å². The molecule has 2 aromatic carbocycles. The van der Waals surface area contributed by atoms with Crippen LogP contribution in [0.2, 0.25) is 0 Å². The van der Waals surface area contributed by atoms with Gasteiger partial charge in [0.15, 0.2) is 5.78 Å². The number of benzene rings is 2. The summed E-state index contributed by atoms with van der Waals surface area (Å²) in [5.74, 6) is 0.968. The largest absolute Gasteiger partial charge is 0.494 e. The molecule has 0 amide bonds. The van der Waals surface area contributed by atoms with E-state index in [4.69, 9.17) is 4.74 Å². The Morgan fingerprint density at radius 2 is 2.00 bits per heavy atom. The first-order chi connectivity index (χ1) is 11.2. The van der Waals surface area contributed by atoms with Crippen LogP contribution in [0.4, 0.5) is 5.69 Å². The van der Waals surface area contributed by atoms with Gasteiger partial charge in [-0.2, -0.15) is 0 Å². The fourth-order valence-corrected chi connectivity index (χ4v) is 3.20. The maximum absolute atomic E-state index is 12.4. The van der Waals surface area contributed by atoms with Crippen LogP contribution in [0.25, 0.3) is 5.57 Å². The van der Waals surface area contributed by atoms with E-state index in [1.807, 2.05) is 49.4 Å². The third-order valence-corrected chi connectivity index (χ3v) is 4.27. The third-order valence-electron chi connectivity index (χ3n) is 4.27. The van der Waals surface area contributed by atoms with Crippen molar-refractivity contribution in [3.8, 4) is 5.75 Å². The summed E-state index contributed by atoms with van der Waals surface area (Å²) < 4.78 is 5.57. The second-order valence-corrected chi connectivity index (χ2v) is 5.82. The molecular formula is C20H17NO2. The molecule has 3 heteroatoms. The first kappa shape index (κ1) is 13.9. The lowest BCUT2D eigenvalue weighted by atomic mass is 10.0. The predicted octanol–water partition coefficient (Wildman–Crippen LogP) is 3.92. The molecular weight excluding hydrogens is 286 g/mol. The van der Waals surface area contributed by atoms with Crippen LogP contribution >= 0.6 is 0 Å². The molecule has 0 saturated carbocycles. The van der Waals surface area contributed by atoms with Crippen LogP contribution in [0.5, 0.6) is 5.75 Å². The second-order valence-electron chi connectivity index (χ2n) is 5.82. The number of hydrogen-bond donors (Lipinski definition) is 0. The van der Waals surface area contributed by atoms with Gasteiger partial charge in [0.05, 0.1) is 12.3 Å². The molecule has 2 aliphatic rings. The van der Waals surface area contributed by atoms with Gasteiger partial charge in [-0.3, -0.25) is 9.79 Å². The Balaban J connectivity index is 1.71. The van der Waals surface area contributed by atoms with Crippen LogP contribution < -0.4 is 4.74 Å². The van der Waals surface area contributed by atoms with Gasteiger partial charge in [-0.05, 0) is 47.9 Å². The van der Waals surface area contributed by atoms with E-state index in [9.17, 15) is 4.79 Å². The van der Waals surface area contributed by atoms with Crippen LogP contribution in [0, 0.1) is 0 Å². The molecule has 0 bridgehead atoms. The Labute approximate surface area is 135 Å². The zero-order valence-corrected chi connectivity index (χ0v) is 13.0. The number of hydrogen-bond acceptors (Lipinski definition) is 3. The van der Waals surface area contributed by atoms with Crippen LogP contribution in [0.3, 0.4) is 0 Å². The summed E-state index contributed by atoms with van der Waals surface area (Å²) in [5.41, 5.74) is 5.99. The van der Waals surface area contributed by atoms with Crippen molar-refractivity contribution in [2.45, 2.75) is 19.8 Å². The van der Waals surface area contributed by atoms with Crippen molar-refractivity contribution in [1.29, 1.82) is 0 Å². The van der Waals surface area contributed by atoms with Crippen molar-refractivity contribution in [1.82, 2.24) is 0 Å². The number of carbonyl (C=O) groups excluding carboxylic acids is 1. The first-order valence-electron chi connectivity index (χ1n) is 7.91. The van der Waals surface area contributed by atoms with Crippen molar-refractivity contribution >= 4 is 22.8 Å². The minimum Gasteiger partial charge on any atom is -0.494 e. The van der Waals surface area contributed by atoms with E-state index in [1.165, 1.54) is 5.56 Å². The molecule has 0 fully saturated rings. The van der Waals surface area contributed by atoms with Crippen LogP contribution in [-0.4, -0.2) is 18.1 Å². The lowest BCUT2D eigenvalue weighted by Gasteiger charge is -2.06. The summed E-state index contributed by atoms with van der Waals surface area (Å²) in [5, 5.41) is 0. The van der Waals surface area contributed by atoms with Gasteiger partial charge in [0.25, 0.3) is 0 Å². The van der Waals surface area contributed by atoms with Crippen LogP contribution in [0.15, 0.2) is 53.5 Å². The number of ketones is 1. The van der Waals surface area contributed by atoms with Crippen molar-refractivity contribution in [3.05, 3.63) is 65.2 Å². The van der Waals surface area contributed by atoms with Gasteiger partial charge in [0.2, 0.25) is 0 Å². The molecule has 4 rings (SSSR count). The topological polar surface area (TPSA) is 38.7 Å². The highest BCUT2D eigenvalue weighted by molar-refractivity contribution is 6.29. The zero-order valence-electron chi connectivity index (χ0n) is 13.0. The number of rotatable bonds is 3. The molecule has 0 N–H and O–H groups in total. The molecule has 0 spiro atoms. The Kier molecular flexibility index (Phi) is 3.34. The number of para-hydroxylation sites is 1. The van der Waals surface area contributed by atoms with E-state index in [1.54, 1.807) is 0 Å². The number of nitrogens with zero attached hydrogens (tertiary/aromatic N) is 1. The molecule has 2 aromatic rings. The summed E-state index contributed by atoms with van der Waals surface area (Å²) in [4.78, 5) is 17.0. The van der Waals surface area contributed by atoms with Gasteiger partial charge >= 0.3 is 0 Å². The van der Waals surface area contributed by atoms with Gasteiger partial charge in [-0.15, -0.1) is 0 Å². The van der Waals surface area contributed by atoms with Gasteiger partial charge in [-0.1, -0.05) is 24.3 Å². The van der Waals surface area contributed by atoms with E-state index in [2.05, 4.69) is 11.1 Å². The number of aliphatic imine (C=N–C) groups is 1. The molecule has 0 unspecified atom stereocenters. The smallest absolute Gasteiger partial charge is 0.167 e. The summed E-state index contributed by atoms with van der Waals surface area (Å²) in [6.45, 7) is 2.58. The molecule has 0 aromatic heterocycles. The van der Waals surface area contributed by atoms with Crippen molar-refractivity contribution in [2.75, 3.05) is 6.61 Å². The minimum absolute atomic E-state index is 0.160. The lowest BCUT2D eigenvalue weighted by molar-refractivity contribution is -0.112.